The molecule has 0 spiro atoms. The molecule has 24 heavy (non-hydrogen) atoms. The van der Waals surface area contributed by atoms with Gasteiger partial charge in [-0.2, -0.15) is 0 Å². The minimum Gasteiger partial charge on any atom is -0.366 e. The fourth-order valence-corrected chi connectivity index (χ4v) is 2.97. The molecule has 2 heterocycles. The Bertz CT molecular complexity index is 855. The third-order valence-corrected chi connectivity index (χ3v) is 4.26. The van der Waals surface area contributed by atoms with Crippen molar-refractivity contribution >= 4 is 11.6 Å². The Hall–Kier alpha value is -2.83. The summed E-state index contributed by atoms with van der Waals surface area (Å²) in [6.07, 6.45) is 2.34. The summed E-state index contributed by atoms with van der Waals surface area (Å²) in [5.41, 5.74) is 1.49. The van der Waals surface area contributed by atoms with Crippen LogP contribution in [-0.4, -0.2) is 34.6 Å². The zero-order valence-electron chi connectivity index (χ0n) is 13.5. The number of nitrogens with one attached hydrogen (secondary N) is 2. The summed E-state index contributed by atoms with van der Waals surface area (Å²) < 4.78 is 1.17. The van der Waals surface area contributed by atoms with Gasteiger partial charge in [-0.1, -0.05) is 18.2 Å². The molecule has 126 valence electrons. The monoisotopic (exact) mass is 328 g/mol. The summed E-state index contributed by atoms with van der Waals surface area (Å²) in [7, 11) is 0. The van der Waals surface area contributed by atoms with Crippen LogP contribution in [-0.2, 0) is 17.8 Å². The van der Waals surface area contributed by atoms with Crippen LogP contribution in [0.25, 0.3) is 0 Å². The second-order valence-electron chi connectivity index (χ2n) is 5.96. The van der Waals surface area contributed by atoms with Crippen molar-refractivity contribution in [2.24, 2.45) is 0 Å². The molecule has 3 rings (SSSR count). The Morgan fingerprint density at radius 1 is 1.29 bits per heavy atom. The van der Waals surface area contributed by atoms with Crippen molar-refractivity contribution in [2.45, 2.75) is 25.9 Å². The molecule has 0 saturated heterocycles. The van der Waals surface area contributed by atoms with Gasteiger partial charge in [0, 0.05) is 37.1 Å². The van der Waals surface area contributed by atoms with Gasteiger partial charge < -0.3 is 10.2 Å². The molecular formula is C17H20N4O3. The van der Waals surface area contributed by atoms with Crippen molar-refractivity contribution in [1.82, 2.24) is 14.9 Å². The normalized spacial score (nSPS) is 14.3. The number of benzene rings is 1. The van der Waals surface area contributed by atoms with E-state index in [-0.39, 0.29) is 18.5 Å². The van der Waals surface area contributed by atoms with Crippen molar-refractivity contribution in [3.8, 4) is 0 Å². The highest BCUT2D eigenvalue weighted by atomic mass is 16.2. The van der Waals surface area contributed by atoms with E-state index < -0.39 is 11.2 Å². The molecule has 0 unspecified atom stereocenters. The van der Waals surface area contributed by atoms with Crippen molar-refractivity contribution < 1.29 is 4.79 Å². The minimum atomic E-state index is -0.584. The summed E-state index contributed by atoms with van der Waals surface area (Å²) in [4.78, 5) is 39.0. The van der Waals surface area contributed by atoms with Gasteiger partial charge in [-0.05, 0) is 25.0 Å². The van der Waals surface area contributed by atoms with E-state index in [0.717, 1.165) is 13.0 Å². The summed E-state index contributed by atoms with van der Waals surface area (Å²) in [5, 5.41) is 2.85. The van der Waals surface area contributed by atoms with Crippen molar-refractivity contribution in [3.05, 3.63) is 62.9 Å². The minimum absolute atomic E-state index is 0.112. The number of fused-ring (bicyclic) bond motifs is 1. The van der Waals surface area contributed by atoms with Gasteiger partial charge in [-0.3, -0.25) is 19.1 Å². The fraction of sp³-hybridized carbons (Fsp3) is 0.353. The predicted octanol–water partition coefficient (Wildman–Crippen LogP) is 0.104. The van der Waals surface area contributed by atoms with Crippen LogP contribution in [0.15, 0.2) is 46.1 Å². The lowest BCUT2D eigenvalue weighted by atomic mass is 10.2. The molecule has 0 aliphatic carbocycles. The smallest absolute Gasteiger partial charge is 0.328 e. The maximum Gasteiger partial charge on any atom is 0.328 e. The summed E-state index contributed by atoms with van der Waals surface area (Å²) in [6.45, 7) is 3.38. The number of rotatable bonds is 5. The van der Waals surface area contributed by atoms with Gasteiger partial charge in [0.15, 0.2) is 0 Å². The Morgan fingerprint density at radius 3 is 2.88 bits per heavy atom. The number of hydrogen-bond donors (Lipinski definition) is 2. The molecule has 1 aliphatic rings. The first-order valence-corrected chi connectivity index (χ1v) is 7.95. The topological polar surface area (TPSA) is 87.2 Å². The highest BCUT2D eigenvalue weighted by molar-refractivity contribution is 5.75. The molecule has 1 amide bonds. The average molecular weight is 328 g/mol. The van der Waals surface area contributed by atoms with Crippen LogP contribution in [0.4, 0.5) is 5.69 Å². The first-order valence-electron chi connectivity index (χ1n) is 7.95. The zero-order valence-corrected chi connectivity index (χ0v) is 13.5. The average Bonchev–Trinajstić information content (AvgIpc) is 2.99. The maximum absolute atomic E-state index is 12.0. The SMILES string of the molecule is C[C@@H](CNC(=O)Cn1ccc(=O)[nH]c1=O)N1CCc2ccccc21. The van der Waals surface area contributed by atoms with E-state index in [1.807, 2.05) is 12.1 Å². The van der Waals surface area contributed by atoms with E-state index in [2.05, 4.69) is 34.3 Å². The lowest BCUT2D eigenvalue weighted by molar-refractivity contribution is -0.121. The van der Waals surface area contributed by atoms with Gasteiger partial charge in [0.1, 0.15) is 6.54 Å². The molecule has 7 heteroatoms. The molecule has 2 N–H and O–H groups in total. The standard InChI is InChI=1S/C17H20N4O3/c1-12(21-9-6-13-4-2-3-5-14(13)21)10-18-16(23)11-20-8-7-15(22)19-17(20)24/h2-5,7-8,12H,6,9-11H2,1H3,(H,18,23)(H,19,22,24)/t12-/m0/s1. The molecule has 1 aromatic heterocycles. The van der Waals surface area contributed by atoms with E-state index in [0.29, 0.717) is 6.54 Å². The number of para-hydroxylation sites is 1. The number of aromatic amines is 1. The highest BCUT2D eigenvalue weighted by Gasteiger charge is 2.23. The summed E-state index contributed by atoms with van der Waals surface area (Å²) >= 11 is 0. The van der Waals surface area contributed by atoms with Crippen LogP contribution in [0.1, 0.15) is 12.5 Å². The van der Waals surface area contributed by atoms with Crippen LogP contribution in [0.5, 0.6) is 0 Å². The highest BCUT2D eigenvalue weighted by Crippen LogP contribution is 2.28. The third kappa shape index (κ3) is 3.40. The first-order chi connectivity index (χ1) is 11.5. The molecule has 2 aromatic rings. The summed E-state index contributed by atoms with van der Waals surface area (Å²) in [6, 6.07) is 9.66. The lowest BCUT2D eigenvalue weighted by Gasteiger charge is -2.27. The number of anilines is 1. The molecule has 7 nitrogen and oxygen atoms in total. The summed E-state index contributed by atoms with van der Waals surface area (Å²) in [5.74, 6) is -0.261. The number of H-pyrrole nitrogens is 1. The Labute approximate surface area is 138 Å². The van der Waals surface area contributed by atoms with Gasteiger partial charge in [-0.15, -0.1) is 0 Å². The molecule has 1 aromatic carbocycles. The van der Waals surface area contributed by atoms with Gasteiger partial charge in [0.25, 0.3) is 5.56 Å². The molecule has 0 fully saturated rings. The van der Waals surface area contributed by atoms with Crippen molar-refractivity contribution in [3.63, 3.8) is 0 Å². The molecule has 0 bridgehead atoms. The second kappa shape index (κ2) is 6.74. The number of hydrogen-bond acceptors (Lipinski definition) is 4. The number of aromatic nitrogens is 2. The largest absolute Gasteiger partial charge is 0.366 e. The molecule has 1 atom stereocenters. The number of nitrogens with zero attached hydrogens (tertiary/aromatic N) is 2. The molecule has 0 saturated carbocycles. The van der Waals surface area contributed by atoms with Crippen LogP contribution in [0.3, 0.4) is 0 Å². The van der Waals surface area contributed by atoms with Gasteiger partial charge in [-0.25, -0.2) is 4.79 Å². The van der Waals surface area contributed by atoms with E-state index in [4.69, 9.17) is 0 Å². The third-order valence-electron chi connectivity index (χ3n) is 4.26. The Balaban J connectivity index is 1.57. The van der Waals surface area contributed by atoms with Gasteiger partial charge in [0.05, 0.1) is 0 Å². The first kappa shape index (κ1) is 16.0. The lowest BCUT2D eigenvalue weighted by Crippen LogP contribution is -2.43. The van der Waals surface area contributed by atoms with Crippen LogP contribution < -0.4 is 21.5 Å². The molecule has 1 aliphatic heterocycles. The van der Waals surface area contributed by atoms with Crippen LogP contribution in [0.2, 0.25) is 0 Å². The van der Waals surface area contributed by atoms with Crippen LogP contribution >= 0.6 is 0 Å². The van der Waals surface area contributed by atoms with Gasteiger partial charge in [0.2, 0.25) is 5.91 Å². The number of carbonyl (C=O) groups excluding carboxylic acids is 1. The van der Waals surface area contributed by atoms with Crippen molar-refractivity contribution in [2.75, 3.05) is 18.0 Å². The van der Waals surface area contributed by atoms with Crippen LogP contribution in [0, 0.1) is 0 Å². The quantitative estimate of drug-likeness (QED) is 0.815. The van der Waals surface area contributed by atoms with E-state index in [9.17, 15) is 14.4 Å². The molecular weight excluding hydrogens is 308 g/mol. The number of amides is 1. The molecule has 0 radical (unpaired) electrons. The second-order valence-corrected chi connectivity index (χ2v) is 5.96. The van der Waals surface area contributed by atoms with E-state index in [1.165, 1.54) is 28.1 Å². The number of carbonyl (C=O) groups is 1. The fourth-order valence-electron chi connectivity index (χ4n) is 2.97. The van der Waals surface area contributed by atoms with Crippen molar-refractivity contribution in [1.29, 1.82) is 0 Å². The zero-order chi connectivity index (χ0) is 17.1. The Morgan fingerprint density at radius 2 is 2.08 bits per heavy atom. The maximum atomic E-state index is 12.0. The van der Waals surface area contributed by atoms with E-state index in [1.54, 1.807) is 0 Å². The van der Waals surface area contributed by atoms with E-state index >= 15 is 0 Å². The Kier molecular flexibility index (Phi) is 4.50. The predicted molar refractivity (Wildman–Crippen MR) is 91.3 cm³/mol. The van der Waals surface area contributed by atoms with Gasteiger partial charge >= 0.3 is 5.69 Å².